The third-order valence-electron chi connectivity index (χ3n) is 4.15. The number of carbonyl (C=O) groups excluding carboxylic acids is 2. The summed E-state index contributed by atoms with van der Waals surface area (Å²) in [5, 5.41) is 6.10. The highest BCUT2D eigenvalue weighted by molar-refractivity contribution is 6.21. The van der Waals surface area contributed by atoms with Crippen LogP contribution in [0.1, 0.15) is 19.8 Å². The van der Waals surface area contributed by atoms with Gasteiger partial charge < -0.3 is 10.6 Å². The van der Waals surface area contributed by atoms with Crippen molar-refractivity contribution >= 4 is 17.6 Å². The number of aliphatic imine (C=N–C) groups is 1. The molecular weight excluding hydrogens is 232 g/mol. The van der Waals surface area contributed by atoms with Gasteiger partial charge in [-0.05, 0) is 19.8 Å². The van der Waals surface area contributed by atoms with Crippen molar-refractivity contribution in [2.24, 2.45) is 10.4 Å². The molecule has 0 aromatic heterocycles. The number of amidine groups is 1. The molecule has 18 heavy (non-hydrogen) atoms. The topological polar surface area (TPSA) is 73.8 Å². The average Bonchev–Trinajstić information content (AvgIpc) is 3.18. The van der Waals surface area contributed by atoms with Crippen molar-refractivity contribution in [1.29, 1.82) is 0 Å². The second-order valence-electron chi connectivity index (χ2n) is 5.30. The summed E-state index contributed by atoms with van der Waals surface area (Å²) in [7, 11) is 0. The highest BCUT2D eigenvalue weighted by Gasteiger charge is 2.58. The van der Waals surface area contributed by atoms with Crippen molar-refractivity contribution in [3.63, 3.8) is 0 Å². The van der Waals surface area contributed by atoms with Crippen molar-refractivity contribution in [2.75, 3.05) is 26.2 Å². The van der Waals surface area contributed by atoms with Crippen LogP contribution in [0.5, 0.6) is 0 Å². The van der Waals surface area contributed by atoms with E-state index in [1.54, 1.807) is 0 Å². The van der Waals surface area contributed by atoms with E-state index in [2.05, 4.69) is 20.5 Å². The van der Waals surface area contributed by atoms with E-state index >= 15 is 0 Å². The van der Waals surface area contributed by atoms with E-state index < -0.39 is 5.41 Å². The van der Waals surface area contributed by atoms with Crippen molar-refractivity contribution in [1.82, 2.24) is 15.5 Å². The first kappa shape index (κ1) is 11.8. The lowest BCUT2D eigenvalue weighted by atomic mass is 10.0. The van der Waals surface area contributed by atoms with Gasteiger partial charge in [0.1, 0.15) is 11.3 Å². The molecule has 1 saturated heterocycles. The lowest BCUT2D eigenvalue weighted by Gasteiger charge is -2.34. The van der Waals surface area contributed by atoms with Crippen LogP contribution in [0, 0.1) is 5.41 Å². The lowest BCUT2D eigenvalue weighted by Crippen LogP contribution is -2.56. The van der Waals surface area contributed by atoms with E-state index in [0.717, 1.165) is 26.2 Å². The molecule has 98 valence electrons. The minimum atomic E-state index is -0.799. The number of hydrogen-bond donors (Lipinski definition) is 2. The number of nitrogens with one attached hydrogen (secondary N) is 2. The summed E-state index contributed by atoms with van der Waals surface area (Å²) in [4.78, 5) is 30.2. The zero-order valence-electron chi connectivity index (χ0n) is 10.5. The van der Waals surface area contributed by atoms with Crippen LogP contribution in [0.2, 0.25) is 0 Å². The normalized spacial score (nSPS) is 28.8. The zero-order chi connectivity index (χ0) is 12.8. The summed E-state index contributed by atoms with van der Waals surface area (Å²) in [6, 6.07) is -0.00361. The second-order valence-corrected chi connectivity index (χ2v) is 5.30. The smallest absolute Gasteiger partial charge is 0.263 e. The highest BCUT2D eigenvalue weighted by atomic mass is 16.2. The van der Waals surface area contributed by atoms with Crippen molar-refractivity contribution < 1.29 is 9.59 Å². The number of hydrogen-bond acceptors (Lipinski definition) is 4. The molecule has 6 nitrogen and oxygen atoms in total. The summed E-state index contributed by atoms with van der Waals surface area (Å²) >= 11 is 0. The quantitative estimate of drug-likeness (QED) is 0.624. The molecule has 1 aliphatic carbocycles. The first-order valence-corrected chi connectivity index (χ1v) is 6.53. The Kier molecular flexibility index (Phi) is 2.71. The number of amides is 2. The van der Waals surface area contributed by atoms with E-state index in [1.165, 1.54) is 0 Å². The highest BCUT2D eigenvalue weighted by Crippen LogP contribution is 2.48. The van der Waals surface area contributed by atoms with Gasteiger partial charge in [0.25, 0.3) is 5.91 Å². The van der Waals surface area contributed by atoms with Crippen LogP contribution in [0.15, 0.2) is 4.99 Å². The Balaban J connectivity index is 1.76. The number of rotatable bonds is 2. The van der Waals surface area contributed by atoms with E-state index in [0.29, 0.717) is 18.7 Å². The molecular formula is C12H18N4O2. The molecule has 2 amide bonds. The fourth-order valence-corrected chi connectivity index (χ4v) is 2.58. The minimum Gasteiger partial charge on any atom is -0.314 e. The van der Waals surface area contributed by atoms with Gasteiger partial charge in [0.15, 0.2) is 0 Å². The van der Waals surface area contributed by atoms with Gasteiger partial charge in [-0.3, -0.25) is 14.5 Å². The Morgan fingerprint density at radius 1 is 1.28 bits per heavy atom. The summed E-state index contributed by atoms with van der Waals surface area (Å²) in [6.45, 7) is 5.68. The molecule has 1 saturated carbocycles. The maximum absolute atomic E-state index is 11.9. The van der Waals surface area contributed by atoms with Gasteiger partial charge in [0.2, 0.25) is 5.91 Å². The van der Waals surface area contributed by atoms with Crippen LogP contribution in [0.25, 0.3) is 0 Å². The summed E-state index contributed by atoms with van der Waals surface area (Å²) < 4.78 is 0. The SMILES string of the molecule is CC(C1=NC(=O)C2(CC2)C(=O)N1)N1CCNCC1. The predicted octanol–water partition coefficient (Wildman–Crippen LogP) is -0.885. The number of piperazine rings is 1. The fourth-order valence-electron chi connectivity index (χ4n) is 2.58. The molecule has 0 aromatic carbocycles. The van der Waals surface area contributed by atoms with E-state index in [1.807, 2.05) is 6.92 Å². The average molecular weight is 250 g/mol. The molecule has 3 aliphatic rings. The molecule has 2 fully saturated rings. The van der Waals surface area contributed by atoms with E-state index in [9.17, 15) is 9.59 Å². The predicted molar refractivity (Wildman–Crippen MR) is 66.2 cm³/mol. The summed E-state index contributed by atoms with van der Waals surface area (Å²) in [5.74, 6) is 0.118. The molecule has 3 rings (SSSR count). The van der Waals surface area contributed by atoms with Crippen LogP contribution in [-0.2, 0) is 9.59 Å². The molecule has 2 aliphatic heterocycles. The molecule has 0 aromatic rings. The van der Waals surface area contributed by atoms with Crippen molar-refractivity contribution in [3.8, 4) is 0 Å². The lowest BCUT2D eigenvalue weighted by molar-refractivity contribution is -0.135. The zero-order valence-corrected chi connectivity index (χ0v) is 10.5. The minimum absolute atomic E-state index is 0.00361. The number of nitrogens with zero attached hydrogens (tertiary/aromatic N) is 2. The third-order valence-corrected chi connectivity index (χ3v) is 4.15. The first-order valence-electron chi connectivity index (χ1n) is 6.53. The molecule has 2 N–H and O–H groups in total. The van der Waals surface area contributed by atoms with Gasteiger partial charge in [-0.25, -0.2) is 0 Å². The summed E-state index contributed by atoms with van der Waals surface area (Å²) in [5.41, 5.74) is -0.799. The van der Waals surface area contributed by atoms with E-state index in [-0.39, 0.29) is 17.9 Å². The molecule has 1 atom stereocenters. The Hall–Kier alpha value is -1.27. The largest absolute Gasteiger partial charge is 0.314 e. The van der Waals surface area contributed by atoms with Gasteiger partial charge in [-0.2, -0.15) is 4.99 Å². The van der Waals surface area contributed by atoms with E-state index in [4.69, 9.17) is 0 Å². The van der Waals surface area contributed by atoms with Gasteiger partial charge in [-0.1, -0.05) is 0 Å². The molecule has 6 heteroatoms. The Labute approximate surface area is 106 Å². The van der Waals surface area contributed by atoms with Crippen LogP contribution in [-0.4, -0.2) is 54.8 Å². The molecule has 0 bridgehead atoms. The standard InChI is InChI=1S/C12H18N4O2/c1-8(16-6-4-13-5-7-16)9-14-10(17)12(2-3-12)11(18)15-9/h8,13H,2-7H2,1H3,(H,14,15,17,18). The third kappa shape index (κ3) is 1.76. The molecule has 1 unspecified atom stereocenters. The monoisotopic (exact) mass is 250 g/mol. The first-order chi connectivity index (χ1) is 8.63. The van der Waals surface area contributed by atoms with Gasteiger partial charge in [0.05, 0.1) is 6.04 Å². The molecule has 2 heterocycles. The Morgan fingerprint density at radius 3 is 2.50 bits per heavy atom. The second kappa shape index (κ2) is 4.13. The summed E-state index contributed by atoms with van der Waals surface area (Å²) in [6.07, 6.45) is 1.30. The van der Waals surface area contributed by atoms with Crippen LogP contribution < -0.4 is 10.6 Å². The van der Waals surface area contributed by atoms with Gasteiger partial charge in [0, 0.05) is 26.2 Å². The van der Waals surface area contributed by atoms with Crippen LogP contribution >= 0.6 is 0 Å². The Bertz CT molecular complexity index is 422. The number of carbonyl (C=O) groups is 2. The maximum Gasteiger partial charge on any atom is 0.263 e. The molecule has 1 spiro atoms. The van der Waals surface area contributed by atoms with Crippen molar-refractivity contribution in [3.05, 3.63) is 0 Å². The van der Waals surface area contributed by atoms with Gasteiger partial charge >= 0.3 is 0 Å². The fraction of sp³-hybridized carbons (Fsp3) is 0.750. The molecule has 0 radical (unpaired) electrons. The maximum atomic E-state index is 11.9. The van der Waals surface area contributed by atoms with Crippen LogP contribution in [0.4, 0.5) is 0 Å². The van der Waals surface area contributed by atoms with Crippen molar-refractivity contribution in [2.45, 2.75) is 25.8 Å². The Morgan fingerprint density at radius 2 is 1.94 bits per heavy atom. The van der Waals surface area contributed by atoms with Crippen LogP contribution in [0.3, 0.4) is 0 Å². The van der Waals surface area contributed by atoms with Gasteiger partial charge in [-0.15, -0.1) is 0 Å².